The molecule has 0 heterocycles. The van der Waals surface area contributed by atoms with Crippen molar-refractivity contribution in [1.82, 2.24) is 4.72 Å². The van der Waals surface area contributed by atoms with E-state index in [-0.39, 0.29) is 22.9 Å². The Morgan fingerprint density at radius 3 is 2.60 bits per heavy atom. The average molecular weight is 324 g/mol. The Morgan fingerprint density at radius 2 is 2.00 bits per heavy atom. The number of nitrogens with one attached hydrogen (secondary N) is 1. The summed E-state index contributed by atoms with van der Waals surface area (Å²) in [4.78, 5) is 10.2. The SMILES string of the molecule is O=C(O)CCCCCNS(=O)(=O)c1ccc(F)c(Cl)c1. The van der Waals surface area contributed by atoms with Crippen molar-refractivity contribution in [3.05, 3.63) is 29.0 Å². The normalized spacial score (nSPS) is 11.5. The lowest BCUT2D eigenvalue weighted by molar-refractivity contribution is -0.137. The van der Waals surface area contributed by atoms with Crippen molar-refractivity contribution in [3.8, 4) is 0 Å². The monoisotopic (exact) mass is 323 g/mol. The van der Waals surface area contributed by atoms with E-state index >= 15 is 0 Å². The van der Waals surface area contributed by atoms with Gasteiger partial charge in [-0.1, -0.05) is 18.0 Å². The lowest BCUT2D eigenvalue weighted by atomic mass is 10.2. The first kappa shape index (κ1) is 16.9. The zero-order valence-electron chi connectivity index (χ0n) is 10.6. The molecule has 0 atom stereocenters. The number of hydrogen-bond acceptors (Lipinski definition) is 3. The number of sulfonamides is 1. The zero-order valence-corrected chi connectivity index (χ0v) is 12.2. The van der Waals surface area contributed by atoms with Crippen molar-refractivity contribution < 1.29 is 22.7 Å². The topological polar surface area (TPSA) is 83.5 Å². The fraction of sp³-hybridized carbons (Fsp3) is 0.417. The minimum Gasteiger partial charge on any atom is -0.481 e. The van der Waals surface area contributed by atoms with E-state index in [4.69, 9.17) is 16.7 Å². The van der Waals surface area contributed by atoms with E-state index in [1.165, 1.54) is 0 Å². The molecule has 1 aromatic rings. The molecule has 0 aromatic heterocycles. The van der Waals surface area contributed by atoms with Gasteiger partial charge < -0.3 is 5.11 Å². The first-order valence-electron chi connectivity index (χ1n) is 5.99. The molecule has 0 bridgehead atoms. The van der Waals surface area contributed by atoms with E-state index in [9.17, 15) is 17.6 Å². The predicted molar refractivity (Wildman–Crippen MR) is 72.7 cm³/mol. The van der Waals surface area contributed by atoms with E-state index in [1.54, 1.807) is 0 Å². The van der Waals surface area contributed by atoms with Crippen LogP contribution in [0.1, 0.15) is 25.7 Å². The number of unbranched alkanes of at least 4 members (excludes halogenated alkanes) is 2. The minimum absolute atomic E-state index is 0.0698. The van der Waals surface area contributed by atoms with Crippen LogP contribution < -0.4 is 4.72 Å². The summed E-state index contributed by atoms with van der Waals surface area (Å²) in [5.41, 5.74) is 0. The van der Waals surface area contributed by atoms with Crippen LogP contribution in [-0.4, -0.2) is 26.0 Å². The first-order chi connectivity index (χ1) is 9.33. The van der Waals surface area contributed by atoms with Gasteiger partial charge in [-0.25, -0.2) is 17.5 Å². The molecule has 0 saturated heterocycles. The van der Waals surface area contributed by atoms with Crippen LogP contribution in [0, 0.1) is 5.82 Å². The van der Waals surface area contributed by atoms with E-state index in [1.807, 2.05) is 0 Å². The van der Waals surface area contributed by atoms with Gasteiger partial charge in [-0.05, 0) is 31.0 Å². The third kappa shape index (κ3) is 5.44. The quantitative estimate of drug-likeness (QED) is 0.720. The largest absolute Gasteiger partial charge is 0.481 e. The molecule has 20 heavy (non-hydrogen) atoms. The molecule has 2 N–H and O–H groups in total. The summed E-state index contributed by atoms with van der Waals surface area (Å²) in [7, 11) is -3.72. The molecule has 112 valence electrons. The van der Waals surface area contributed by atoms with Gasteiger partial charge in [-0.3, -0.25) is 4.79 Å². The smallest absolute Gasteiger partial charge is 0.303 e. The molecule has 0 amide bonds. The molecule has 5 nitrogen and oxygen atoms in total. The number of benzene rings is 1. The maximum atomic E-state index is 12.9. The highest BCUT2D eigenvalue weighted by atomic mass is 35.5. The fourth-order valence-corrected chi connectivity index (χ4v) is 2.86. The van der Waals surface area contributed by atoms with Crippen LogP contribution in [-0.2, 0) is 14.8 Å². The van der Waals surface area contributed by atoms with Gasteiger partial charge in [0.05, 0.1) is 9.92 Å². The second kappa shape index (κ2) is 7.56. The van der Waals surface area contributed by atoms with Crippen molar-refractivity contribution in [1.29, 1.82) is 0 Å². The summed E-state index contributed by atoms with van der Waals surface area (Å²) >= 11 is 5.53. The van der Waals surface area contributed by atoms with Crippen LogP contribution >= 0.6 is 11.6 Å². The fourth-order valence-electron chi connectivity index (χ4n) is 1.51. The Morgan fingerprint density at radius 1 is 1.30 bits per heavy atom. The Balaban J connectivity index is 2.45. The molecule has 0 spiro atoms. The highest BCUT2D eigenvalue weighted by Gasteiger charge is 2.15. The summed E-state index contributed by atoms with van der Waals surface area (Å²) < 4.78 is 39.0. The molecule has 0 saturated carbocycles. The molecular weight excluding hydrogens is 309 g/mol. The number of hydrogen-bond donors (Lipinski definition) is 2. The first-order valence-corrected chi connectivity index (χ1v) is 7.85. The summed E-state index contributed by atoms with van der Waals surface area (Å²) in [6.07, 6.45) is 1.71. The summed E-state index contributed by atoms with van der Waals surface area (Å²) in [5.74, 6) is -1.55. The highest BCUT2D eigenvalue weighted by molar-refractivity contribution is 7.89. The van der Waals surface area contributed by atoms with E-state index in [2.05, 4.69) is 4.72 Å². The summed E-state index contributed by atoms with van der Waals surface area (Å²) in [5, 5.41) is 8.19. The standard InChI is InChI=1S/C12H15ClFNO4S/c13-10-8-9(5-6-11(10)14)20(18,19)15-7-3-1-2-4-12(16)17/h5-6,8,15H,1-4,7H2,(H,16,17). The van der Waals surface area contributed by atoms with Gasteiger partial charge in [-0.15, -0.1) is 0 Å². The third-order valence-electron chi connectivity index (χ3n) is 2.56. The molecule has 1 aromatic carbocycles. The Labute approximate surface area is 121 Å². The van der Waals surface area contributed by atoms with Gasteiger partial charge >= 0.3 is 5.97 Å². The molecule has 0 aliphatic heterocycles. The average Bonchev–Trinajstić information content (AvgIpc) is 2.36. The number of aliphatic carboxylic acids is 1. The second-order valence-electron chi connectivity index (χ2n) is 4.18. The van der Waals surface area contributed by atoms with E-state index < -0.39 is 21.8 Å². The lowest BCUT2D eigenvalue weighted by Gasteiger charge is -2.07. The number of halogens is 2. The van der Waals surface area contributed by atoms with E-state index in [0.29, 0.717) is 19.3 Å². The molecule has 0 aliphatic rings. The van der Waals surface area contributed by atoms with Gasteiger partial charge in [0, 0.05) is 13.0 Å². The van der Waals surface area contributed by atoms with Crippen LogP contribution in [0.25, 0.3) is 0 Å². The van der Waals surface area contributed by atoms with Gasteiger partial charge in [0.2, 0.25) is 10.0 Å². The highest BCUT2D eigenvalue weighted by Crippen LogP contribution is 2.19. The molecule has 0 aliphatic carbocycles. The van der Waals surface area contributed by atoms with Crippen molar-refractivity contribution in [2.24, 2.45) is 0 Å². The van der Waals surface area contributed by atoms with Crippen LogP contribution in [0.5, 0.6) is 0 Å². The molecule has 0 fully saturated rings. The van der Waals surface area contributed by atoms with Crippen molar-refractivity contribution >= 4 is 27.6 Å². The van der Waals surface area contributed by atoms with Gasteiger partial charge in [-0.2, -0.15) is 0 Å². The Kier molecular flexibility index (Phi) is 6.38. The Bertz CT molecular complexity index is 577. The summed E-state index contributed by atoms with van der Waals surface area (Å²) in [6, 6.07) is 3.17. The molecule has 0 unspecified atom stereocenters. The van der Waals surface area contributed by atoms with Crippen molar-refractivity contribution in [2.75, 3.05) is 6.54 Å². The number of carboxylic acids is 1. The number of carbonyl (C=O) groups is 1. The number of rotatable bonds is 8. The molecule has 8 heteroatoms. The minimum atomic E-state index is -3.72. The van der Waals surface area contributed by atoms with Crippen molar-refractivity contribution in [2.45, 2.75) is 30.6 Å². The van der Waals surface area contributed by atoms with Crippen LogP contribution in [0.4, 0.5) is 4.39 Å². The van der Waals surface area contributed by atoms with Gasteiger partial charge in [0.1, 0.15) is 5.82 Å². The third-order valence-corrected chi connectivity index (χ3v) is 4.31. The van der Waals surface area contributed by atoms with Crippen LogP contribution in [0.15, 0.2) is 23.1 Å². The zero-order chi connectivity index (χ0) is 15.2. The van der Waals surface area contributed by atoms with Gasteiger partial charge in [0.15, 0.2) is 0 Å². The van der Waals surface area contributed by atoms with Crippen molar-refractivity contribution in [3.63, 3.8) is 0 Å². The number of carboxylic acid groups (broad SMARTS) is 1. The van der Waals surface area contributed by atoms with Gasteiger partial charge in [0.25, 0.3) is 0 Å². The Hall–Kier alpha value is -1.18. The van der Waals surface area contributed by atoms with Crippen LogP contribution in [0.3, 0.4) is 0 Å². The predicted octanol–water partition coefficient (Wildman–Crippen LogP) is 2.40. The maximum Gasteiger partial charge on any atom is 0.303 e. The van der Waals surface area contributed by atoms with E-state index in [0.717, 1.165) is 18.2 Å². The second-order valence-corrected chi connectivity index (χ2v) is 6.35. The van der Waals surface area contributed by atoms with Crippen LogP contribution in [0.2, 0.25) is 5.02 Å². The maximum absolute atomic E-state index is 12.9. The molecular formula is C12H15ClFNO4S. The molecule has 1 rings (SSSR count). The summed E-state index contributed by atoms with van der Waals surface area (Å²) in [6.45, 7) is 0.191. The molecule has 0 radical (unpaired) electrons. The lowest BCUT2D eigenvalue weighted by Crippen LogP contribution is -2.24.